The van der Waals surface area contributed by atoms with E-state index in [0.29, 0.717) is 25.7 Å². The number of nitrogens with zero attached hydrogens (tertiary/aromatic N) is 1. The van der Waals surface area contributed by atoms with Gasteiger partial charge in [-0.2, -0.15) is 0 Å². The van der Waals surface area contributed by atoms with Crippen LogP contribution in [0.15, 0.2) is 52.9 Å². The van der Waals surface area contributed by atoms with Gasteiger partial charge in [0.2, 0.25) is 5.91 Å². The van der Waals surface area contributed by atoms with E-state index in [1.54, 1.807) is 18.2 Å². The number of hydrogen-bond donors (Lipinski definition) is 1. The standard InChI is InChI=1S/C21H18Cl2N2O5S/c1-30-18-7-4-16(23)11-13(18)10-14-12-24-20(27)21(8-9-21)25(19(14)26)31(28,29)17-5-2-15(22)3-6-17/h2-7,10-11H,8-9,12H2,1H3,(H,24,27). The van der Waals surface area contributed by atoms with Gasteiger partial charge in [0.15, 0.2) is 0 Å². The molecule has 7 nitrogen and oxygen atoms in total. The van der Waals surface area contributed by atoms with E-state index in [1.165, 1.54) is 37.5 Å². The molecule has 0 aromatic heterocycles. The maximum Gasteiger partial charge on any atom is 0.267 e. The molecule has 0 unspecified atom stereocenters. The van der Waals surface area contributed by atoms with Crippen LogP contribution in [0, 0.1) is 0 Å². The molecule has 2 aliphatic rings. The summed E-state index contributed by atoms with van der Waals surface area (Å²) < 4.78 is 32.9. The summed E-state index contributed by atoms with van der Waals surface area (Å²) in [7, 11) is -2.84. The van der Waals surface area contributed by atoms with Gasteiger partial charge in [-0.1, -0.05) is 23.2 Å². The lowest BCUT2D eigenvalue weighted by Crippen LogP contribution is -2.51. The van der Waals surface area contributed by atoms with Gasteiger partial charge in [-0.3, -0.25) is 9.59 Å². The van der Waals surface area contributed by atoms with Crippen LogP contribution >= 0.6 is 23.2 Å². The summed E-state index contributed by atoms with van der Waals surface area (Å²) in [5.74, 6) is -0.818. The maximum absolute atomic E-state index is 13.5. The molecule has 2 fully saturated rings. The van der Waals surface area contributed by atoms with E-state index in [4.69, 9.17) is 27.9 Å². The monoisotopic (exact) mass is 480 g/mol. The second-order valence-corrected chi connectivity index (χ2v) is 9.96. The van der Waals surface area contributed by atoms with Gasteiger partial charge in [-0.05, 0) is 61.4 Å². The summed E-state index contributed by atoms with van der Waals surface area (Å²) in [4.78, 5) is 26.2. The zero-order valence-corrected chi connectivity index (χ0v) is 18.7. The number of nitrogens with one attached hydrogen (secondary N) is 1. The van der Waals surface area contributed by atoms with Crippen molar-refractivity contribution in [1.82, 2.24) is 9.62 Å². The van der Waals surface area contributed by atoms with Gasteiger partial charge >= 0.3 is 0 Å². The molecular weight excluding hydrogens is 463 g/mol. The van der Waals surface area contributed by atoms with Gasteiger partial charge in [-0.25, -0.2) is 12.7 Å². The normalized spacial score (nSPS) is 19.3. The van der Waals surface area contributed by atoms with Crippen molar-refractivity contribution < 1.29 is 22.7 Å². The molecule has 4 rings (SSSR count). The average Bonchev–Trinajstić information content (AvgIpc) is 3.53. The average molecular weight is 481 g/mol. The van der Waals surface area contributed by atoms with Crippen molar-refractivity contribution >= 4 is 51.1 Å². The minimum absolute atomic E-state index is 0.0928. The predicted molar refractivity (Wildman–Crippen MR) is 116 cm³/mol. The number of carbonyl (C=O) groups excluding carboxylic acids is 2. The highest BCUT2D eigenvalue weighted by atomic mass is 35.5. The Bertz CT molecular complexity index is 1200. The number of hydrogen-bond acceptors (Lipinski definition) is 5. The Balaban J connectivity index is 1.84. The molecule has 1 aliphatic carbocycles. The first-order valence-electron chi connectivity index (χ1n) is 9.37. The quantitative estimate of drug-likeness (QED) is 0.677. The molecule has 0 bridgehead atoms. The topological polar surface area (TPSA) is 92.8 Å². The zero-order chi connectivity index (χ0) is 22.4. The van der Waals surface area contributed by atoms with Crippen LogP contribution in [0.3, 0.4) is 0 Å². The summed E-state index contributed by atoms with van der Waals surface area (Å²) in [6, 6.07) is 10.3. The van der Waals surface area contributed by atoms with Crippen LogP contribution in [-0.2, 0) is 19.6 Å². The fourth-order valence-corrected chi connectivity index (χ4v) is 5.61. The summed E-state index contributed by atoms with van der Waals surface area (Å²) in [6.45, 7) is -0.123. The van der Waals surface area contributed by atoms with E-state index >= 15 is 0 Å². The van der Waals surface area contributed by atoms with E-state index in [1.807, 2.05) is 0 Å². The van der Waals surface area contributed by atoms with Gasteiger partial charge in [0, 0.05) is 27.7 Å². The molecule has 10 heteroatoms. The molecule has 162 valence electrons. The minimum atomic E-state index is -4.31. The Morgan fingerprint density at radius 2 is 1.71 bits per heavy atom. The lowest BCUT2D eigenvalue weighted by molar-refractivity contribution is -0.132. The van der Waals surface area contributed by atoms with E-state index in [0.717, 1.165) is 0 Å². The van der Waals surface area contributed by atoms with E-state index in [2.05, 4.69) is 5.32 Å². The van der Waals surface area contributed by atoms with Gasteiger partial charge < -0.3 is 10.1 Å². The van der Waals surface area contributed by atoms with E-state index in [9.17, 15) is 18.0 Å². The van der Waals surface area contributed by atoms with Gasteiger partial charge in [0.25, 0.3) is 15.9 Å². The molecular formula is C21H18Cl2N2O5S. The Hall–Kier alpha value is -2.55. The highest BCUT2D eigenvalue weighted by Gasteiger charge is 2.62. The van der Waals surface area contributed by atoms with Crippen molar-refractivity contribution in [1.29, 1.82) is 0 Å². The number of rotatable bonds is 4. The van der Waals surface area contributed by atoms with Crippen LogP contribution in [0.2, 0.25) is 10.0 Å². The largest absolute Gasteiger partial charge is 0.496 e. The first-order chi connectivity index (χ1) is 14.7. The van der Waals surface area contributed by atoms with E-state index < -0.39 is 27.4 Å². The SMILES string of the molecule is COc1ccc(Cl)cc1C=C1CNC(=O)C2(CC2)N(S(=O)(=O)c2ccc(Cl)cc2)C1=O. The third-order valence-electron chi connectivity index (χ3n) is 5.31. The number of benzene rings is 2. The minimum Gasteiger partial charge on any atom is -0.496 e. The van der Waals surface area contributed by atoms with Crippen LogP contribution in [0.4, 0.5) is 0 Å². The fourth-order valence-electron chi connectivity index (χ4n) is 3.55. The lowest BCUT2D eigenvalue weighted by Gasteiger charge is -2.28. The van der Waals surface area contributed by atoms with Crippen LogP contribution in [-0.4, -0.2) is 43.7 Å². The first kappa shape index (κ1) is 21.7. The molecule has 1 N–H and O–H groups in total. The van der Waals surface area contributed by atoms with Crippen molar-refractivity contribution in [3.8, 4) is 5.75 Å². The van der Waals surface area contributed by atoms with Crippen LogP contribution < -0.4 is 10.1 Å². The molecule has 2 aromatic carbocycles. The van der Waals surface area contributed by atoms with E-state index in [-0.39, 0.29) is 29.9 Å². The molecule has 31 heavy (non-hydrogen) atoms. The van der Waals surface area contributed by atoms with Crippen LogP contribution in [0.1, 0.15) is 18.4 Å². The number of ether oxygens (including phenoxy) is 1. The van der Waals surface area contributed by atoms with Crippen molar-refractivity contribution in [2.45, 2.75) is 23.3 Å². The first-order valence-corrected chi connectivity index (χ1v) is 11.6. The maximum atomic E-state index is 13.5. The zero-order valence-electron chi connectivity index (χ0n) is 16.4. The van der Waals surface area contributed by atoms with Gasteiger partial charge in [-0.15, -0.1) is 0 Å². The molecule has 2 aromatic rings. The Morgan fingerprint density at radius 3 is 2.32 bits per heavy atom. The van der Waals surface area contributed by atoms with Crippen molar-refractivity contribution in [3.05, 3.63) is 63.6 Å². The second-order valence-electron chi connectivity index (χ2n) is 7.30. The predicted octanol–water partition coefficient (Wildman–Crippen LogP) is 3.27. The Morgan fingerprint density at radius 1 is 1.06 bits per heavy atom. The summed E-state index contributed by atoms with van der Waals surface area (Å²) in [5.41, 5.74) is -0.845. The van der Waals surface area contributed by atoms with Gasteiger partial charge in [0.05, 0.1) is 12.0 Å². The van der Waals surface area contributed by atoms with Crippen molar-refractivity contribution in [3.63, 3.8) is 0 Å². The van der Waals surface area contributed by atoms with Crippen molar-refractivity contribution in [2.75, 3.05) is 13.7 Å². The number of methoxy groups -OCH3 is 1. The molecule has 1 spiro atoms. The Labute approximate surface area is 189 Å². The van der Waals surface area contributed by atoms with Crippen molar-refractivity contribution in [2.24, 2.45) is 0 Å². The molecule has 0 radical (unpaired) electrons. The summed E-state index contributed by atoms with van der Waals surface area (Å²) in [6.07, 6.45) is 2.00. The van der Waals surface area contributed by atoms with Gasteiger partial charge in [0.1, 0.15) is 11.3 Å². The molecule has 0 atom stereocenters. The number of halogens is 2. The fraction of sp³-hybridized carbons (Fsp3) is 0.238. The highest BCUT2D eigenvalue weighted by molar-refractivity contribution is 7.89. The molecule has 2 amide bonds. The number of amides is 2. The highest BCUT2D eigenvalue weighted by Crippen LogP contribution is 2.47. The molecule has 1 saturated carbocycles. The number of sulfonamides is 1. The van der Waals surface area contributed by atoms with Crippen LogP contribution in [0.25, 0.3) is 6.08 Å². The smallest absolute Gasteiger partial charge is 0.267 e. The summed E-state index contributed by atoms with van der Waals surface area (Å²) in [5, 5.41) is 3.46. The molecule has 1 saturated heterocycles. The Kier molecular flexibility index (Phi) is 5.49. The third kappa shape index (κ3) is 3.79. The number of carbonyl (C=O) groups is 2. The summed E-state index contributed by atoms with van der Waals surface area (Å²) >= 11 is 12.0. The molecule has 1 aliphatic heterocycles. The lowest BCUT2D eigenvalue weighted by atomic mass is 10.1. The van der Waals surface area contributed by atoms with Crippen LogP contribution in [0.5, 0.6) is 5.75 Å². The molecule has 1 heterocycles. The second kappa shape index (κ2) is 7.85. The third-order valence-corrected chi connectivity index (χ3v) is 7.66.